The Balaban J connectivity index is 2.25. The van der Waals surface area contributed by atoms with Crippen LogP contribution in [0.3, 0.4) is 0 Å². The van der Waals surface area contributed by atoms with Gasteiger partial charge in [0.15, 0.2) is 0 Å². The Morgan fingerprint density at radius 2 is 2.05 bits per heavy atom. The first kappa shape index (κ1) is 13.0. The molecule has 0 unspecified atom stereocenters. The van der Waals surface area contributed by atoms with Crippen LogP contribution in [-0.2, 0) is 6.54 Å². The monoisotopic (exact) mass is 255 g/mol. The van der Waals surface area contributed by atoms with Crippen LogP contribution in [0.1, 0.15) is 22.5 Å². The highest BCUT2D eigenvalue weighted by Crippen LogP contribution is 2.20. The van der Waals surface area contributed by atoms with Gasteiger partial charge in [-0.05, 0) is 26.0 Å². The number of rotatable bonds is 3. The SMILES string of the molecule is Cc1cc(NCc2ccccc2F)c(C#N)c(C)n1. The zero-order valence-corrected chi connectivity index (χ0v) is 10.9. The third kappa shape index (κ3) is 2.89. The highest BCUT2D eigenvalue weighted by atomic mass is 19.1. The molecule has 0 bridgehead atoms. The number of anilines is 1. The van der Waals surface area contributed by atoms with Crippen LogP contribution in [0.4, 0.5) is 10.1 Å². The van der Waals surface area contributed by atoms with Gasteiger partial charge in [0.2, 0.25) is 0 Å². The Morgan fingerprint density at radius 1 is 1.32 bits per heavy atom. The predicted molar refractivity (Wildman–Crippen MR) is 72.2 cm³/mol. The summed E-state index contributed by atoms with van der Waals surface area (Å²) in [5, 5.41) is 12.2. The summed E-state index contributed by atoms with van der Waals surface area (Å²) in [6.07, 6.45) is 0. The highest BCUT2D eigenvalue weighted by Gasteiger charge is 2.08. The van der Waals surface area contributed by atoms with Crippen molar-refractivity contribution in [1.82, 2.24) is 4.98 Å². The molecule has 0 amide bonds. The van der Waals surface area contributed by atoms with E-state index in [0.29, 0.717) is 29.1 Å². The minimum absolute atomic E-state index is 0.254. The number of benzene rings is 1. The second kappa shape index (κ2) is 5.49. The minimum atomic E-state index is -0.254. The summed E-state index contributed by atoms with van der Waals surface area (Å²) < 4.78 is 13.5. The van der Waals surface area contributed by atoms with E-state index >= 15 is 0 Å². The van der Waals surface area contributed by atoms with Crippen LogP contribution < -0.4 is 5.32 Å². The maximum atomic E-state index is 13.5. The summed E-state index contributed by atoms with van der Waals surface area (Å²) in [4.78, 5) is 4.24. The molecule has 4 heteroatoms. The second-order valence-electron chi connectivity index (χ2n) is 4.33. The molecule has 0 aliphatic rings. The van der Waals surface area contributed by atoms with E-state index in [2.05, 4.69) is 16.4 Å². The van der Waals surface area contributed by atoms with Gasteiger partial charge in [0.05, 0.1) is 16.9 Å². The summed E-state index contributed by atoms with van der Waals surface area (Å²) >= 11 is 0. The average molecular weight is 255 g/mol. The molecule has 2 rings (SSSR count). The van der Waals surface area contributed by atoms with Crippen molar-refractivity contribution in [3.8, 4) is 6.07 Å². The molecule has 1 heterocycles. The normalized spacial score (nSPS) is 10.0. The van der Waals surface area contributed by atoms with Gasteiger partial charge in [0.25, 0.3) is 0 Å². The molecule has 1 N–H and O–H groups in total. The molecule has 19 heavy (non-hydrogen) atoms. The molecule has 1 aromatic carbocycles. The van der Waals surface area contributed by atoms with Crippen molar-refractivity contribution in [1.29, 1.82) is 5.26 Å². The van der Waals surface area contributed by atoms with Crippen LogP contribution in [-0.4, -0.2) is 4.98 Å². The zero-order chi connectivity index (χ0) is 13.8. The van der Waals surface area contributed by atoms with Crippen LogP contribution in [0.5, 0.6) is 0 Å². The van der Waals surface area contributed by atoms with Crippen LogP contribution in [0.15, 0.2) is 30.3 Å². The Morgan fingerprint density at radius 3 is 2.74 bits per heavy atom. The summed E-state index contributed by atoms with van der Waals surface area (Å²) in [7, 11) is 0. The van der Waals surface area contributed by atoms with Gasteiger partial charge in [-0.2, -0.15) is 5.26 Å². The van der Waals surface area contributed by atoms with Crippen molar-refractivity contribution in [2.45, 2.75) is 20.4 Å². The number of halogens is 1. The van der Waals surface area contributed by atoms with Gasteiger partial charge in [0.1, 0.15) is 11.9 Å². The first-order chi connectivity index (χ1) is 9.11. The molecule has 96 valence electrons. The number of aromatic nitrogens is 1. The Labute approximate surface area is 111 Å². The second-order valence-corrected chi connectivity index (χ2v) is 4.33. The zero-order valence-electron chi connectivity index (χ0n) is 10.9. The average Bonchev–Trinajstić information content (AvgIpc) is 2.37. The number of nitriles is 1. The van der Waals surface area contributed by atoms with Gasteiger partial charge >= 0.3 is 0 Å². The molecule has 0 saturated heterocycles. The number of hydrogen-bond donors (Lipinski definition) is 1. The molecular weight excluding hydrogens is 241 g/mol. The fourth-order valence-electron chi connectivity index (χ4n) is 1.94. The van der Waals surface area contributed by atoms with Crippen LogP contribution in [0, 0.1) is 31.0 Å². The number of hydrogen-bond acceptors (Lipinski definition) is 3. The first-order valence-electron chi connectivity index (χ1n) is 5.97. The molecule has 0 aliphatic carbocycles. The van der Waals surface area contributed by atoms with Gasteiger partial charge in [-0.15, -0.1) is 0 Å². The molecule has 1 aromatic heterocycles. The lowest BCUT2D eigenvalue weighted by Crippen LogP contribution is -2.05. The number of aryl methyl sites for hydroxylation is 2. The van der Waals surface area contributed by atoms with Crippen molar-refractivity contribution in [3.05, 3.63) is 58.7 Å². The van der Waals surface area contributed by atoms with E-state index in [1.54, 1.807) is 31.2 Å². The summed E-state index contributed by atoms with van der Waals surface area (Å²) in [6.45, 7) is 3.99. The molecule has 0 spiro atoms. The van der Waals surface area contributed by atoms with Gasteiger partial charge < -0.3 is 5.32 Å². The van der Waals surface area contributed by atoms with E-state index in [1.165, 1.54) is 6.07 Å². The molecule has 2 aromatic rings. The standard InChI is InChI=1S/C15H14FN3/c1-10-7-15(13(8-17)11(2)19-10)18-9-12-5-3-4-6-14(12)16/h3-7H,9H2,1-2H3,(H,18,19). The lowest BCUT2D eigenvalue weighted by atomic mass is 10.1. The largest absolute Gasteiger partial charge is 0.380 e. The van der Waals surface area contributed by atoms with E-state index in [9.17, 15) is 4.39 Å². The molecule has 0 radical (unpaired) electrons. The Kier molecular flexibility index (Phi) is 3.76. The molecule has 0 saturated carbocycles. The fraction of sp³-hybridized carbons (Fsp3) is 0.200. The van der Waals surface area contributed by atoms with Crippen LogP contribution >= 0.6 is 0 Å². The quantitative estimate of drug-likeness (QED) is 0.915. The smallest absolute Gasteiger partial charge is 0.128 e. The summed E-state index contributed by atoms with van der Waals surface area (Å²) in [6, 6.07) is 10.5. The van der Waals surface area contributed by atoms with E-state index in [1.807, 2.05) is 6.92 Å². The van der Waals surface area contributed by atoms with Crippen molar-refractivity contribution in [3.63, 3.8) is 0 Å². The maximum absolute atomic E-state index is 13.5. The predicted octanol–water partition coefficient (Wildman–Crippen LogP) is 3.32. The van der Waals surface area contributed by atoms with Crippen molar-refractivity contribution < 1.29 is 4.39 Å². The van der Waals surface area contributed by atoms with Crippen molar-refractivity contribution in [2.24, 2.45) is 0 Å². The fourth-order valence-corrected chi connectivity index (χ4v) is 1.94. The van der Waals surface area contributed by atoms with Gasteiger partial charge in [-0.3, -0.25) is 4.98 Å². The summed E-state index contributed by atoms with van der Waals surface area (Å²) in [5.74, 6) is -0.254. The number of pyridine rings is 1. The number of nitrogens with one attached hydrogen (secondary N) is 1. The molecule has 0 fully saturated rings. The summed E-state index contributed by atoms with van der Waals surface area (Å²) in [5.41, 5.74) is 3.27. The van der Waals surface area contributed by atoms with Crippen LogP contribution in [0.25, 0.3) is 0 Å². The Hall–Kier alpha value is -2.41. The number of nitrogens with zero attached hydrogens (tertiary/aromatic N) is 2. The van der Waals surface area contributed by atoms with E-state index in [0.717, 1.165) is 5.69 Å². The topological polar surface area (TPSA) is 48.7 Å². The molecule has 0 aliphatic heterocycles. The molecule has 3 nitrogen and oxygen atoms in total. The van der Waals surface area contributed by atoms with Gasteiger partial charge in [0, 0.05) is 17.8 Å². The van der Waals surface area contributed by atoms with Crippen LogP contribution in [0.2, 0.25) is 0 Å². The third-order valence-electron chi connectivity index (χ3n) is 2.87. The highest BCUT2D eigenvalue weighted by molar-refractivity contribution is 5.60. The third-order valence-corrected chi connectivity index (χ3v) is 2.87. The van der Waals surface area contributed by atoms with E-state index in [-0.39, 0.29) is 5.82 Å². The van der Waals surface area contributed by atoms with Crippen molar-refractivity contribution >= 4 is 5.69 Å². The lowest BCUT2D eigenvalue weighted by molar-refractivity contribution is 0.613. The molecular formula is C15H14FN3. The van der Waals surface area contributed by atoms with Crippen molar-refractivity contribution in [2.75, 3.05) is 5.32 Å². The van der Waals surface area contributed by atoms with E-state index < -0.39 is 0 Å². The van der Waals surface area contributed by atoms with Gasteiger partial charge in [-0.1, -0.05) is 18.2 Å². The maximum Gasteiger partial charge on any atom is 0.128 e. The van der Waals surface area contributed by atoms with E-state index in [4.69, 9.17) is 5.26 Å². The lowest BCUT2D eigenvalue weighted by Gasteiger charge is -2.11. The molecule has 0 atom stereocenters. The minimum Gasteiger partial charge on any atom is -0.380 e. The Bertz CT molecular complexity index is 644. The van der Waals surface area contributed by atoms with Gasteiger partial charge in [-0.25, -0.2) is 4.39 Å². The first-order valence-corrected chi connectivity index (χ1v) is 5.97.